The van der Waals surface area contributed by atoms with E-state index in [0.717, 1.165) is 24.4 Å². The molecule has 0 radical (unpaired) electrons. The van der Waals surface area contributed by atoms with E-state index in [2.05, 4.69) is 39.8 Å². The van der Waals surface area contributed by atoms with Crippen LogP contribution in [0.15, 0.2) is 23.3 Å². The Morgan fingerprint density at radius 1 is 1.21 bits per heavy atom. The van der Waals surface area contributed by atoms with Crippen molar-refractivity contribution in [2.75, 3.05) is 6.61 Å². The van der Waals surface area contributed by atoms with Gasteiger partial charge >= 0.3 is 0 Å². The summed E-state index contributed by atoms with van der Waals surface area (Å²) < 4.78 is 6.36. The molecular formula is C18H28O. The van der Waals surface area contributed by atoms with Gasteiger partial charge in [0.1, 0.15) is 0 Å². The Labute approximate surface area is 118 Å². The Morgan fingerprint density at radius 2 is 2.00 bits per heavy atom. The van der Waals surface area contributed by atoms with Crippen molar-refractivity contribution in [1.29, 1.82) is 0 Å². The van der Waals surface area contributed by atoms with E-state index < -0.39 is 0 Å². The first-order valence-electron chi connectivity index (χ1n) is 8.01. The number of ether oxygens (including phenoxy) is 1. The second-order valence-corrected chi connectivity index (χ2v) is 7.30. The predicted octanol–water partition coefficient (Wildman–Crippen LogP) is 4.60. The van der Waals surface area contributed by atoms with Crippen molar-refractivity contribution in [1.82, 2.24) is 0 Å². The molecule has 1 saturated heterocycles. The first-order chi connectivity index (χ1) is 9.06. The molecule has 6 atom stereocenters. The maximum absolute atomic E-state index is 6.36. The normalized spacial score (nSPS) is 46.5. The highest BCUT2D eigenvalue weighted by atomic mass is 16.5. The van der Waals surface area contributed by atoms with Crippen molar-refractivity contribution in [3.05, 3.63) is 23.3 Å². The van der Waals surface area contributed by atoms with E-state index in [1.54, 1.807) is 11.1 Å². The molecule has 0 aromatic rings. The maximum Gasteiger partial charge on any atom is 0.0674 e. The number of rotatable bonds is 1. The molecule has 1 nitrogen and oxygen atoms in total. The van der Waals surface area contributed by atoms with Crippen LogP contribution >= 0.6 is 0 Å². The lowest BCUT2D eigenvalue weighted by molar-refractivity contribution is -0.0982. The summed E-state index contributed by atoms with van der Waals surface area (Å²) in [5.41, 5.74) is 3.16. The molecule has 0 aromatic carbocycles. The minimum absolute atomic E-state index is 0.472. The van der Waals surface area contributed by atoms with Gasteiger partial charge in [-0.25, -0.2) is 0 Å². The standard InChI is InChI=1S/C18H28O/c1-11-5-6-16(13(3)7-11)18-17-9-15(10-19-18)12(2)8-14(17)4/h5,8,12-13,15-18H,6-7,9-10H2,1-4H3/t12-,13-,15+,16-,17+,18+/m0/s1. The van der Waals surface area contributed by atoms with Crippen LogP contribution in [0.4, 0.5) is 0 Å². The zero-order valence-electron chi connectivity index (χ0n) is 12.9. The largest absolute Gasteiger partial charge is 0.377 e. The lowest BCUT2D eigenvalue weighted by atomic mass is 9.66. The van der Waals surface area contributed by atoms with Crippen molar-refractivity contribution in [2.24, 2.45) is 29.6 Å². The smallest absolute Gasteiger partial charge is 0.0674 e. The summed E-state index contributed by atoms with van der Waals surface area (Å²) in [5, 5.41) is 0. The Hall–Kier alpha value is -0.560. The van der Waals surface area contributed by atoms with Crippen LogP contribution in [0.25, 0.3) is 0 Å². The molecule has 3 aliphatic rings. The minimum Gasteiger partial charge on any atom is -0.377 e. The van der Waals surface area contributed by atoms with Gasteiger partial charge in [-0.3, -0.25) is 0 Å². The molecule has 2 bridgehead atoms. The van der Waals surface area contributed by atoms with Crippen molar-refractivity contribution in [2.45, 2.75) is 53.1 Å². The van der Waals surface area contributed by atoms with Crippen LogP contribution in [0.5, 0.6) is 0 Å². The summed E-state index contributed by atoms with van der Waals surface area (Å²) in [5.74, 6) is 3.67. The molecule has 2 aliphatic carbocycles. The van der Waals surface area contributed by atoms with Gasteiger partial charge in [0.2, 0.25) is 0 Å². The van der Waals surface area contributed by atoms with Gasteiger partial charge in [-0.1, -0.05) is 37.1 Å². The second-order valence-electron chi connectivity index (χ2n) is 7.30. The molecule has 3 rings (SSSR count). The quantitative estimate of drug-likeness (QED) is 0.626. The topological polar surface area (TPSA) is 9.23 Å². The fraction of sp³-hybridized carbons (Fsp3) is 0.778. The average molecular weight is 260 g/mol. The molecule has 1 heteroatoms. The van der Waals surface area contributed by atoms with Crippen LogP contribution in [-0.2, 0) is 4.74 Å². The molecule has 19 heavy (non-hydrogen) atoms. The fourth-order valence-electron chi connectivity index (χ4n) is 4.56. The van der Waals surface area contributed by atoms with Gasteiger partial charge in [-0.05, 0) is 56.8 Å². The second kappa shape index (κ2) is 5.09. The Bertz CT molecular complexity index is 406. The Kier molecular flexibility index (Phi) is 3.59. The van der Waals surface area contributed by atoms with Gasteiger partial charge in [-0.2, -0.15) is 0 Å². The zero-order chi connectivity index (χ0) is 13.6. The van der Waals surface area contributed by atoms with Gasteiger partial charge in [-0.15, -0.1) is 0 Å². The molecule has 0 saturated carbocycles. The molecular weight excluding hydrogens is 232 g/mol. The number of allylic oxidation sites excluding steroid dienone is 3. The summed E-state index contributed by atoms with van der Waals surface area (Å²) >= 11 is 0. The molecule has 0 N–H and O–H groups in total. The summed E-state index contributed by atoms with van der Waals surface area (Å²) in [7, 11) is 0. The van der Waals surface area contributed by atoms with Gasteiger partial charge in [0, 0.05) is 5.92 Å². The van der Waals surface area contributed by atoms with E-state index >= 15 is 0 Å². The van der Waals surface area contributed by atoms with Crippen LogP contribution in [0.1, 0.15) is 47.0 Å². The van der Waals surface area contributed by atoms with Crippen molar-refractivity contribution >= 4 is 0 Å². The Morgan fingerprint density at radius 3 is 2.74 bits per heavy atom. The van der Waals surface area contributed by atoms with E-state index in [1.807, 2.05) is 0 Å². The van der Waals surface area contributed by atoms with Gasteiger partial charge < -0.3 is 4.74 Å². The molecule has 0 spiro atoms. The van der Waals surface area contributed by atoms with Crippen LogP contribution in [0.3, 0.4) is 0 Å². The SMILES string of the molecule is CC1=CC[C@H]([C@H]2OC[C@H]3C[C@@H]2C(C)=C[C@@H]3C)[C@@H](C)C1. The lowest BCUT2D eigenvalue weighted by Crippen LogP contribution is -2.46. The average Bonchev–Trinajstić information content (AvgIpc) is 2.37. The van der Waals surface area contributed by atoms with Crippen LogP contribution in [-0.4, -0.2) is 12.7 Å². The summed E-state index contributed by atoms with van der Waals surface area (Å²) in [4.78, 5) is 0. The monoisotopic (exact) mass is 260 g/mol. The molecule has 1 heterocycles. The lowest BCUT2D eigenvalue weighted by Gasteiger charge is -2.47. The molecule has 1 fully saturated rings. The maximum atomic E-state index is 6.36. The van der Waals surface area contributed by atoms with Crippen molar-refractivity contribution < 1.29 is 4.74 Å². The predicted molar refractivity (Wildman–Crippen MR) is 79.9 cm³/mol. The van der Waals surface area contributed by atoms with Crippen molar-refractivity contribution in [3.8, 4) is 0 Å². The number of hydrogen-bond donors (Lipinski definition) is 0. The molecule has 0 unspecified atom stereocenters. The van der Waals surface area contributed by atoms with E-state index in [9.17, 15) is 0 Å². The van der Waals surface area contributed by atoms with Gasteiger partial charge in [0.05, 0.1) is 12.7 Å². The van der Waals surface area contributed by atoms with E-state index in [0.29, 0.717) is 17.9 Å². The third-order valence-electron chi connectivity index (χ3n) is 5.85. The van der Waals surface area contributed by atoms with Crippen LogP contribution in [0.2, 0.25) is 0 Å². The highest BCUT2D eigenvalue weighted by molar-refractivity contribution is 5.17. The third kappa shape index (κ3) is 2.42. The zero-order valence-corrected chi connectivity index (χ0v) is 12.9. The van der Waals surface area contributed by atoms with E-state index in [-0.39, 0.29) is 0 Å². The van der Waals surface area contributed by atoms with E-state index in [4.69, 9.17) is 4.74 Å². The fourth-order valence-corrected chi connectivity index (χ4v) is 4.56. The number of fused-ring (bicyclic) bond motifs is 2. The van der Waals surface area contributed by atoms with Gasteiger partial charge in [0.15, 0.2) is 0 Å². The van der Waals surface area contributed by atoms with Crippen LogP contribution in [0, 0.1) is 29.6 Å². The Balaban J connectivity index is 1.81. The summed E-state index contributed by atoms with van der Waals surface area (Å²) in [6.45, 7) is 10.4. The minimum atomic E-state index is 0.472. The summed E-state index contributed by atoms with van der Waals surface area (Å²) in [6.07, 6.45) is 9.29. The first-order valence-corrected chi connectivity index (χ1v) is 8.01. The first kappa shape index (κ1) is 13.4. The van der Waals surface area contributed by atoms with Crippen molar-refractivity contribution in [3.63, 3.8) is 0 Å². The van der Waals surface area contributed by atoms with E-state index in [1.165, 1.54) is 19.3 Å². The third-order valence-corrected chi connectivity index (χ3v) is 5.85. The highest BCUT2D eigenvalue weighted by Crippen LogP contribution is 2.45. The molecule has 1 aliphatic heterocycles. The number of hydrogen-bond acceptors (Lipinski definition) is 1. The van der Waals surface area contributed by atoms with Gasteiger partial charge in [0.25, 0.3) is 0 Å². The molecule has 0 amide bonds. The highest BCUT2D eigenvalue weighted by Gasteiger charge is 2.42. The molecule has 106 valence electrons. The molecule has 0 aromatic heterocycles. The van der Waals surface area contributed by atoms with Crippen LogP contribution < -0.4 is 0 Å². The summed E-state index contributed by atoms with van der Waals surface area (Å²) in [6, 6.07) is 0.